The molecule has 0 rings (SSSR count). The first-order valence-corrected chi connectivity index (χ1v) is 19.1. The van der Waals surface area contributed by atoms with Crippen LogP contribution in [-0.4, -0.2) is 59.8 Å². The van der Waals surface area contributed by atoms with Crippen molar-refractivity contribution in [1.29, 1.82) is 0 Å². The van der Waals surface area contributed by atoms with E-state index in [-0.39, 0.29) is 19.8 Å². The summed E-state index contributed by atoms with van der Waals surface area (Å²) in [6, 6.07) is 0. The third-order valence-electron chi connectivity index (χ3n) is 7.20. The summed E-state index contributed by atoms with van der Waals surface area (Å²) in [5.74, 6) is 0. The first kappa shape index (κ1) is 32.8. The van der Waals surface area contributed by atoms with Crippen LogP contribution in [0.4, 0.5) is 0 Å². The van der Waals surface area contributed by atoms with Crippen molar-refractivity contribution in [3.63, 3.8) is 0 Å². The number of hydrogen-bond donors (Lipinski definition) is 3. The molecule has 196 valence electrons. The van der Waals surface area contributed by atoms with Gasteiger partial charge in [-0.1, -0.05) is 39.0 Å². The molecule has 0 aromatic heterocycles. The predicted molar refractivity (Wildman–Crippen MR) is 150 cm³/mol. The van der Waals surface area contributed by atoms with E-state index in [0.717, 1.165) is 37.7 Å². The van der Waals surface area contributed by atoms with Crippen LogP contribution in [0.5, 0.6) is 0 Å². The molecule has 0 spiro atoms. The molecule has 0 heterocycles. The summed E-state index contributed by atoms with van der Waals surface area (Å²) in [5.41, 5.74) is 0. The van der Waals surface area contributed by atoms with Gasteiger partial charge in [-0.05, 0) is 0 Å². The molecule has 0 aromatic rings. The molecular weight excluding hydrogens is 483 g/mol. The van der Waals surface area contributed by atoms with E-state index in [9.17, 15) is 15.3 Å². The first-order chi connectivity index (χ1) is 15.5. The Kier molecular flexibility index (Phi) is 22.8. The fourth-order valence-corrected chi connectivity index (χ4v) is 13.3. The van der Waals surface area contributed by atoms with Gasteiger partial charge in [0.25, 0.3) is 0 Å². The standard InChI is InChI=1S/C27H58BrO3P/c1-2-3-4-5-6-7-8-9-10-11-12-13-14-15-16-17-24-32(28,25-18-21-29,26-19-22-30)27-20-23-31/h29-31H,2-27H2,1H3. The van der Waals surface area contributed by atoms with E-state index in [1.165, 1.54) is 109 Å². The van der Waals surface area contributed by atoms with Crippen LogP contribution in [-0.2, 0) is 0 Å². The van der Waals surface area contributed by atoms with Crippen LogP contribution in [0.2, 0.25) is 0 Å². The molecule has 0 aliphatic carbocycles. The van der Waals surface area contributed by atoms with Crippen LogP contribution in [0.1, 0.15) is 129 Å². The molecule has 3 N–H and O–H groups in total. The van der Waals surface area contributed by atoms with Crippen molar-refractivity contribution >= 4 is 20.8 Å². The first-order valence-electron chi connectivity index (χ1n) is 14.1. The number of aliphatic hydroxyl groups is 3. The SMILES string of the molecule is CCCCCCCCCCCCCCCCCCP(Br)(CCCO)(CCCO)CCCO. The molecule has 0 radical (unpaired) electrons. The maximum atomic E-state index is 9.41. The summed E-state index contributed by atoms with van der Waals surface area (Å²) in [6.07, 6.45) is 29.1. The minimum absolute atomic E-state index is 0.237. The van der Waals surface area contributed by atoms with Gasteiger partial charge in [-0.25, -0.2) is 0 Å². The molecule has 32 heavy (non-hydrogen) atoms. The molecular formula is C27H58BrO3P. The Bertz CT molecular complexity index is 371. The van der Waals surface area contributed by atoms with Gasteiger partial charge in [0.1, 0.15) is 0 Å². The van der Waals surface area contributed by atoms with Crippen molar-refractivity contribution in [3.8, 4) is 0 Å². The van der Waals surface area contributed by atoms with Crippen LogP contribution in [0, 0.1) is 0 Å². The van der Waals surface area contributed by atoms with Crippen LogP contribution < -0.4 is 0 Å². The molecule has 0 amide bonds. The number of unbranched alkanes of at least 4 members (excludes halogenated alkanes) is 15. The average Bonchev–Trinajstić information content (AvgIpc) is 2.80. The van der Waals surface area contributed by atoms with Gasteiger partial charge in [-0.3, -0.25) is 0 Å². The van der Waals surface area contributed by atoms with Crippen LogP contribution in [0.15, 0.2) is 0 Å². The predicted octanol–water partition coefficient (Wildman–Crippen LogP) is 8.26. The van der Waals surface area contributed by atoms with E-state index >= 15 is 0 Å². The van der Waals surface area contributed by atoms with E-state index in [1.54, 1.807) is 0 Å². The zero-order chi connectivity index (χ0) is 23.8. The second kappa shape index (κ2) is 22.3. The minimum atomic E-state index is -2.12. The van der Waals surface area contributed by atoms with Gasteiger partial charge in [0, 0.05) is 0 Å². The quantitative estimate of drug-likeness (QED) is 0.0763. The molecule has 0 aliphatic rings. The second-order valence-corrected chi connectivity index (χ2v) is 21.7. The van der Waals surface area contributed by atoms with Gasteiger partial charge in [-0.2, -0.15) is 0 Å². The molecule has 0 aliphatic heterocycles. The summed E-state index contributed by atoms with van der Waals surface area (Å²) in [4.78, 5) is 0. The van der Waals surface area contributed by atoms with Crippen LogP contribution in [0.25, 0.3) is 0 Å². The van der Waals surface area contributed by atoms with Gasteiger partial charge in [0.2, 0.25) is 0 Å². The molecule has 5 heteroatoms. The van der Waals surface area contributed by atoms with Crippen molar-refractivity contribution in [3.05, 3.63) is 0 Å². The third-order valence-corrected chi connectivity index (χ3v) is 17.2. The van der Waals surface area contributed by atoms with Gasteiger partial charge < -0.3 is 0 Å². The zero-order valence-electron chi connectivity index (χ0n) is 21.6. The normalized spacial score (nSPS) is 13.3. The Morgan fingerprint density at radius 2 is 0.656 bits per heavy atom. The number of halogens is 1. The Morgan fingerprint density at radius 3 is 0.938 bits per heavy atom. The topological polar surface area (TPSA) is 60.7 Å². The number of aliphatic hydroxyl groups excluding tert-OH is 3. The van der Waals surface area contributed by atoms with E-state index in [0.29, 0.717) is 0 Å². The fraction of sp³-hybridized carbons (Fsp3) is 1.00. The summed E-state index contributed by atoms with van der Waals surface area (Å²) in [7, 11) is 0. The molecule has 3 nitrogen and oxygen atoms in total. The van der Waals surface area contributed by atoms with Crippen molar-refractivity contribution in [2.75, 3.05) is 44.5 Å². The Labute approximate surface area is 209 Å². The summed E-state index contributed by atoms with van der Waals surface area (Å²) < 4.78 is 0. The Hall–Kier alpha value is 0.790. The number of rotatable bonds is 26. The van der Waals surface area contributed by atoms with Crippen molar-refractivity contribution in [1.82, 2.24) is 0 Å². The maximum absolute atomic E-state index is 9.41. The molecule has 0 saturated heterocycles. The molecule has 0 fully saturated rings. The van der Waals surface area contributed by atoms with E-state index in [2.05, 4.69) is 22.4 Å². The molecule has 0 aromatic carbocycles. The molecule has 0 atom stereocenters. The molecule has 0 bridgehead atoms. The van der Waals surface area contributed by atoms with Gasteiger partial charge in [0.05, 0.1) is 0 Å². The fourth-order valence-electron chi connectivity index (χ4n) is 5.12. The summed E-state index contributed by atoms with van der Waals surface area (Å²) >= 11 is 4.24. The van der Waals surface area contributed by atoms with Crippen LogP contribution in [0.3, 0.4) is 0 Å². The van der Waals surface area contributed by atoms with Gasteiger partial charge in [-0.15, -0.1) is 0 Å². The molecule has 0 unspecified atom stereocenters. The van der Waals surface area contributed by atoms with Crippen molar-refractivity contribution in [2.24, 2.45) is 0 Å². The van der Waals surface area contributed by atoms with E-state index < -0.39 is 5.31 Å². The third kappa shape index (κ3) is 18.2. The van der Waals surface area contributed by atoms with E-state index in [4.69, 9.17) is 0 Å². The second-order valence-electron chi connectivity index (χ2n) is 10.2. The Balaban J connectivity index is 3.88. The zero-order valence-corrected chi connectivity index (χ0v) is 24.0. The monoisotopic (exact) mass is 540 g/mol. The van der Waals surface area contributed by atoms with Crippen molar-refractivity contribution in [2.45, 2.75) is 129 Å². The van der Waals surface area contributed by atoms with E-state index in [1.807, 2.05) is 0 Å². The number of hydrogen-bond acceptors (Lipinski definition) is 3. The average molecular weight is 542 g/mol. The van der Waals surface area contributed by atoms with Gasteiger partial charge in [0.15, 0.2) is 0 Å². The Morgan fingerprint density at radius 1 is 0.406 bits per heavy atom. The van der Waals surface area contributed by atoms with Crippen LogP contribution >= 0.6 is 20.8 Å². The van der Waals surface area contributed by atoms with Crippen molar-refractivity contribution < 1.29 is 15.3 Å². The summed E-state index contributed by atoms with van der Waals surface area (Å²) in [6.45, 7) is 3.00. The molecule has 0 saturated carbocycles. The van der Waals surface area contributed by atoms with Gasteiger partial charge >= 0.3 is 170 Å². The summed E-state index contributed by atoms with van der Waals surface area (Å²) in [5, 5.41) is 26.1.